The summed E-state index contributed by atoms with van der Waals surface area (Å²) in [5.41, 5.74) is 0. The Kier molecular flexibility index (Phi) is 70.0. The first-order valence-corrected chi connectivity index (χ1v) is 43.3. The van der Waals surface area contributed by atoms with Crippen LogP contribution < -0.4 is 0 Å². The van der Waals surface area contributed by atoms with Gasteiger partial charge in [-0.05, 0) is 25.7 Å². The molecule has 0 spiro atoms. The van der Waals surface area contributed by atoms with E-state index in [0.29, 0.717) is 25.7 Å². The van der Waals surface area contributed by atoms with E-state index in [4.69, 9.17) is 37.0 Å². The highest BCUT2D eigenvalue weighted by molar-refractivity contribution is 7.47. The number of aliphatic hydroxyl groups is 1. The average molecular weight is 1410 g/mol. The molecule has 0 aliphatic rings. The fraction of sp³-hybridized carbons (Fsp3) is 0.948. The van der Waals surface area contributed by atoms with Gasteiger partial charge in [0.1, 0.15) is 19.3 Å². The number of carbonyl (C=O) groups excluding carboxylic acids is 4. The molecule has 0 aliphatic carbocycles. The van der Waals surface area contributed by atoms with Crippen molar-refractivity contribution in [2.24, 2.45) is 0 Å². The second kappa shape index (κ2) is 71.5. The Morgan fingerprint density at radius 2 is 0.417 bits per heavy atom. The highest BCUT2D eigenvalue weighted by Gasteiger charge is 2.30. The van der Waals surface area contributed by atoms with Crippen molar-refractivity contribution < 1.29 is 80.2 Å². The lowest BCUT2D eigenvalue weighted by atomic mass is 10.0. The number of phosphoric acid groups is 2. The molecule has 0 aliphatic heterocycles. The predicted molar refractivity (Wildman–Crippen MR) is 391 cm³/mol. The highest BCUT2D eigenvalue weighted by Crippen LogP contribution is 2.45. The SMILES string of the molecule is CCCCCCCCCCCCCCCCCCCC(=O)O[C@H](COC(=O)CCCCCCCCCCCCCCCCC)COP(=O)(O)OC[C@@H](O)COP(=O)(O)OC[C@@H](COC(=O)CCCCCCCCCCCCC)OC(=O)CCCCCCCCCCCCCCC. The maximum Gasteiger partial charge on any atom is 0.472 e. The molecule has 2 unspecified atom stereocenters. The first kappa shape index (κ1) is 94.1. The number of phosphoric ester groups is 2. The van der Waals surface area contributed by atoms with Crippen LogP contribution in [0, 0.1) is 0 Å². The van der Waals surface area contributed by atoms with E-state index in [-0.39, 0.29) is 25.7 Å². The molecule has 0 aromatic rings. The zero-order chi connectivity index (χ0) is 70.4. The molecular weight excluding hydrogens is 1260 g/mol. The smallest absolute Gasteiger partial charge is 0.462 e. The molecule has 570 valence electrons. The van der Waals surface area contributed by atoms with E-state index in [1.165, 1.54) is 244 Å². The second-order valence-corrected chi connectivity index (χ2v) is 30.7. The number of rotatable bonds is 78. The Morgan fingerprint density at radius 3 is 0.615 bits per heavy atom. The summed E-state index contributed by atoms with van der Waals surface area (Å²) < 4.78 is 68.6. The van der Waals surface area contributed by atoms with Crippen LogP contribution in [0.5, 0.6) is 0 Å². The Labute approximate surface area is 588 Å². The van der Waals surface area contributed by atoms with Crippen LogP contribution in [0.15, 0.2) is 0 Å². The lowest BCUT2D eigenvalue weighted by Crippen LogP contribution is -2.30. The van der Waals surface area contributed by atoms with Crippen molar-refractivity contribution in [2.45, 2.75) is 431 Å². The molecule has 0 fully saturated rings. The topological polar surface area (TPSA) is 237 Å². The molecule has 19 heteroatoms. The number of hydrogen-bond acceptors (Lipinski definition) is 15. The molecule has 0 aromatic heterocycles. The normalized spacial score (nSPS) is 13.9. The summed E-state index contributed by atoms with van der Waals surface area (Å²) in [7, 11) is -9.91. The van der Waals surface area contributed by atoms with Gasteiger partial charge in [0.05, 0.1) is 26.4 Å². The average Bonchev–Trinajstić information content (AvgIpc) is 1.72. The molecule has 17 nitrogen and oxygen atoms in total. The molecule has 0 radical (unpaired) electrons. The Morgan fingerprint density at radius 1 is 0.250 bits per heavy atom. The van der Waals surface area contributed by atoms with Gasteiger partial charge in [0.25, 0.3) is 0 Å². The van der Waals surface area contributed by atoms with Crippen LogP contribution in [-0.2, 0) is 65.4 Å². The van der Waals surface area contributed by atoms with Crippen LogP contribution in [0.25, 0.3) is 0 Å². The molecule has 0 saturated carbocycles. The Bertz CT molecular complexity index is 1830. The molecule has 0 rings (SSSR count). The minimum absolute atomic E-state index is 0.108. The summed E-state index contributed by atoms with van der Waals surface area (Å²) in [5, 5.41) is 10.6. The molecule has 0 aromatic carbocycles. The van der Waals surface area contributed by atoms with Crippen molar-refractivity contribution in [3.05, 3.63) is 0 Å². The van der Waals surface area contributed by atoms with Gasteiger partial charge in [-0.1, -0.05) is 362 Å². The van der Waals surface area contributed by atoms with Gasteiger partial charge >= 0.3 is 39.5 Å². The van der Waals surface area contributed by atoms with Crippen LogP contribution in [0.3, 0.4) is 0 Å². The maximum absolute atomic E-state index is 13.1. The fourth-order valence-electron chi connectivity index (χ4n) is 11.9. The van der Waals surface area contributed by atoms with Gasteiger partial charge in [0.15, 0.2) is 12.2 Å². The number of esters is 4. The van der Waals surface area contributed by atoms with Crippen molar-refractivity contribution in [1.29, 1.82) is 0 Å². The van der Waals surface area contributed by atoms with Gasteiger partial charge in [-0.2, -0.15) is 0 Å². The number of carbonyl (C=O) groups is 4. The molecule has 5 atom stereocenters. The second-order valence-electron chi connectivity index (χ2n) is 27.7. The van der Waals surface area contributed by atoms with E-state index in [0.717, 1.165) is 89.9 Å². The van der Waals surface area contributed by atoms with Crippen molar-refractivity contribution in [2.75, 3.05) is 39.6 Å². The summed E-state index contributed by atoms with van der Waals surface area (Å²) in [6, 6.07) is 0. The first-order chi connectivity index (χ1) is 46.7. The molecule has 0 saturated heterocycles. The lowest BCUT2D eigenvalue weighted by Gasteiger charge is -2.21. The van der Waals surface area contributed by atoms with Crippen molar-refractivity contribution in [3.8, 4) is 0 Å². The molecular formula is C77H150O17P2. The number of hydrogen-bond donors (Lipinski definition) is 3. The quantitative estimate of drug-likeness (QED) is 0.0222. The van der Waals surface area contributed by atoms with Crippen molar-refractivity contribution in [3.63, 3.8) is 0 Å². The summed E-state index contributed by atoms with van der Waals surface area (Å²) in [6.45, 7) is 5.01. The van der Waals surface area contributed by atoms with Gasteiger partial charge in [0, 0.05) is 25.7 Å². The zero-order valence-corrected chi connectivity index (χ0v) is 64.1. The summed E-state index contributed by atoms with van der Waals surface area (Å²) in [6.07, 6.45) is 62.2. The molecule has 0 bridgehead atoms. The summed E-state index contributed by atoms with van der Waals surface area (Å²) in [5.74, 6) is -2.11. The van der Waals surface area contributed by atoms with Crippen molar-refractivity contribution in [1.82, 2.24) is 0 Å². The molecule has 0 amide bonds. The minimum Gasteiger partial charge on any atom is -0.462 e. The number of aliphatic hydroxyl groups excluding tert-OH is 1. The monoisotopic (exact) mass is 1410 g/mol. The van der Waals surface area contributed by atoms with Crippen LogP contribution >= 0.6 is 15.6 Å². The Hall–Kier alpha value is -1.94. The maximum atomic E-state index is 13.1. The zero-order valence-electron chi connectivity index (χ0n) is 62.4. The van der Waals surface area contributed by atoms with Crippen LogP contribution in [0.1, 0.15) is 413 Å². The van der Waals surface area contributed by atoms with Gasteiger partial charge in [-0.3, -0.25) is 37.3 Å². The third-order valence-electron chi connectivity index (χ3n) is 18.1. The summed E-state index contributed by atoms with van der Waals surface area (Å²) >= 11 is 0. The number of unbranched alkanes of at least 4 members (excludes halogenated alkanes) is 52. The van der Waals surface area contributed by atoms with Crippen LogP contribution in [0.4, 0.5) is 0 Å². The van der Waals surface area contributed by atoms with E-state index in [2.05, 4.69) is 27.7 Å². The predicted octanol–water partition coefficient (Wildman–Crippen LogP) is 23.0. The minimum atomic E-state index is -4.96. The van der Waals surface area contributed by atoms with Crippen molar-refractivity contribution >= 4 is 39.5 Å². The van der Waals surface area contributed by atoms with E-state index < -0.39 is 97.5 Å². The van der Waals surface area contributed by atoms with Gasteiger partial charge in [0.2, 0.25) is 0 Å². The molecule has 96 heavy (non-hydrogen) atoms. The van der Waals surface area contributed by atoms with E-state index >= 15 is 0 Å². The van der Waals surface area contributed by atoms with Crippen LogP contribution in [0.2, 0.25) is 0 Å². The standard InChI is InChI=1S/C77H150O17P2/c1-5-9-13-17-21-25-29-32-34-35-37-40-44-48-52-56-60-64-77(82)94-73(68-88-75(80)62-58-54-50-46-42-39-36-33-30-26-22-18-14-10-6-2)70-92-96(85,86)90-66-71(78)65-89-95(83,84)91-69-72(67-87-74(79)61-57-53-49-45-41-28-24-20-16-12-8-4)93-76(81)63-59-55-51-47-43-38-31-27-23-19-15-11-7-3/h71-73,78H,5-70H2,1-4H3,(H,83,84)(H,85,86)/t71-,72+,73+/m0/s1. The first-order valence-electron chi connectivity index (χ1n) is 40.3. The third kappa shape index (κ3) is 70.5. The van der Waals surface area contributed by atoms with Crippen LogP contribution in [-0.4, -0.2) is 96.7 Å². The van der Waals surface area contributed by atoms with E-state index in [1.807, 2.05) is 0 Å². The highest BCUT2D eigenvalue weighted by atomic mass is 31.2. The van der Waals surface area contributed by atoms with E-state index in [9.17, 15) is 43.2 Å². The lowest BCUT2D eigenvalue weighted by molar-refractivity contribution is -0.161. The fourth-order valence-corrected chi connectivity index (χ4v) is 13.5. The van der Waals surface area contributed by atoms with E-state index in [1.54, 1.807) is 0 Å². The van der Waals surface area contributed by atoms with Gasteiger partial charge in [-0.15, -0.1) is 0 Å². The largest absolute Gasteiger partial charge is 0.472 e. The number of ether oxygens (including phenoxy) is 4. The Balaban J connectivity index is 5.25. The van der Waals surface area contributed by atoms with Gasteiger partial charge in [-0.25, -0.2) is 9.13 Å². The van der Waals surface area contributed by atoms with Gasteiger partial charge < -0.3 is 33.8 Å². The molecule has 3 N–H and O–H groups in total. The summed E-state index contributed by atoms with van der Waals surface area (Å²) in [4.78, 5) is 72.9. The molecule has 0 heterocycles. The third-order valence-corrected chi connectivity index (χ3v) is 20.0.